The van der Waals surface area contributed by atoms with Crippen molar-refractivity contribution in [2.45, 2.75) is 11.3 Å². The van der Waals surface area contributed by atoms with Crippen molar-refractivity contribution in [2.75, 3.05) is 26.4 Å². The topological polar surface area (TPSA) is 75.6 Å². The van der Waals surface area contributed by atoms with Crippen LogP contribution in [0.15, 0.2) is 21.5 Å². The summed E-state index contributed by atoms with van der Waals surface area (Å²) in [5.74, 6) is -2.04. The first-order valence-electron chi connectivity index (χ1n) is 5.71. The molecule has 20 heavy (non-hydrogen) atoms. The average molecular weight is 374 g/mol. The van der Waals surface area contributed by atoms with Crippen LogP contribution in [0.5, 0.6) is 0 Å². The van der Waals surface area contributed by atoms with Gasteiger partial charge in [-0.1, -0.05) is 0 Å². The number of nitrogens with one attached hydrogen (secondary N) is 1. The van der Waals surface area contributed by atoms with Crippen LogP contribution in [0.1, 0.15) is 6.42 Å². The molecule has 0 atom stereocenters. The second kappa shape index (κ2) is 7.99. The van der Waals surface area contributed by atoms with Gasteiger partial charge in [0.05, 0.1) is 13.2 Å². The normalized spacial score (nSPS) is 11.8. The number of rotatable bonds is 8. The van der Waals surface area contributed by atoms with Gasteiger partial charge in [0.15, 0.2) is 0 Å². The molecule has 0 aliphatic carbocycles. The van der Waals surface area contributed by atoms with Gasteiger partial charge in [0.2, 0.25) is 10.0 Å². The predicted molar refractivity (Wildman–Crippen MR) is 71.8 cm³/mol. The van der Waals surface area contributed by atoms with E-state index in [4.69, 9.17) is 9.84 Å². The summed E-state index contributed by atoms with van der Waals surface area (Å²) in [5.41, 5.74) is 0. The van der Waals surface area contributed by atoms with Crippen LogP contribution < -0.4 is 4.72 Å². The number of aliphatic hydroxyl groups is 1. The van der Waals surface area contributed by atoms with Gasteiger partial charge < -0.3 is 9.84 Å². The molecule has 0 spiro atoms. The van der Waals surface area contributed by atoms with Crippen molar-refractivity contribution in [2.24, 2.45) is 0 Å². The lowest BCUT2D eigenvalue weighted by atomic mass is 10.3. The van der Waals surface area contributed by atoms with E-state index in [2.05, 4.69) is 20.7 Å². The average Bonchev–Trinajstić information content (AvgIpc) is 2.31. The second-order valence-corrected chi connectivity index (χ2v) is 6.34. The first-order chi connectivity index (χ1) is 9.38. The highest BCUT2D eigenvalue weighted by Gasteiger charge is 2.23. The highest BCUT2D eigenvalue weighted by Crippen LogP contribution is 2.25. The molecular weight excluding hydrogens is 360 g/mol. The second-order valence-electron chi connectivity index (χ2n) is 3.79. The maximum Gasteiger partial charge on any atom is 0.244 e. The van der Waals surface area contributed by atoms with Gasteiger partial charge in [0, 0.05) is 23.7 Å². The Morgan fingerprint density at radius 1 is 1.30 bits per heavy atom. The molecule has 0 heterocycles. The predicted octanol–water partition coefficient (Wildman–Crippen LogP) is 1.40. The standard InChI is InChI=1S/C11H14BrF2NO4S/c12-9-6-8(13)7-10(14)11(9)20(17,18)15-2-1-4-19-5-3-16/h6-7,15-16H,1-5H2. The molecule has 1 aromatic rings. The molecule has 0 aliphatic rings. The Kier molecular flexibility index (Phi) is 6.96. The van der Waals surface area contributed by atoms with E-state index in [0.29, 0.717) is 12.5 Å². The zero-order valence-electron chi connectivity index (χ0n) is 10.4. The van der Waals surface area contributed by atoms with Crippen molar-refractivity contribution in [3.05, 3.63) is 28.2 Å². The molecule has 5 nitrogen and oxygen atoms in total. The molecular formula is C11H14BrF2NO4S. The van der Waals surface area contributed by atoms with Gasteiger partial charge in [-0.3, -0.25) is 0 Å². The van der Waals surface area contributed by atoms with Gasteiger partial charge in [0.1, 0.15) is 16.5 Å². The molecule has 0 aromatic heterocycles. The third-order valence-corrected chi connectivity index (χ3v) is 4.65. The van der Waals surface area contributed by atoms with Crippen LogP contribution in [-0.4, -0.2) is 39.9 Å². The van der Waals surface area contributed by atoms with Crippen LogP contribution in [-0.2, 0) is 14.8 Å². The van der Waals surface area contributed by atoms with Crippen molar-refractivity contribution < 1.29 is 27.0 Å². The van der Waals surface area contributed by atoms with E-state index in [9.17, 15) is 17.2 Å². The molecule has 1 aromatic carbocycles. The number of hydrogen-bond donors (Lipinski definition) is 2. The fourth-order valence-corrected chi connectivity index (χ4v) is 3.64. The van der Waals surface area contributed by atoms with Crippen LogP contribution in [0.25, 0.3) is 0 Å². The quantitative estimate of drug-likeness (QED) is 0.675. The van der Waals surface area contributed by atoms with Crippen molar-refractivity contribution in [1.82, 2.24) is 4.72 Å². The van der Waals surface area contributed by atoms with Gasteiger partial charge >= 0.3 is 0 Å². The Balaban J connectivity index is 2.66. The fourth-order valence-electron chi connectivity index (χ4n) is 1.41. The van der Waals surface area contributed by atoms with Crippen LogP contribution in [0.4, 0.5) is 8.78 Å². The van der Waals surface area contributed by atoms with Gasteiger partial charge in [-0.05, 0) is 28.4 Å². The summed E-state index contributed by atoms with van der Waals surface area (Å²) < 4.78 is 57.2. The summed E-state index contributed by atoms with van der Waals surface area (Å²) in [6.07, 6.45) is 0.361. The van der Waals surface area contributed by atoms with Crippen molar-refractivity contribution in [3.63, 3.8) is 0 Å². The maximum atomic E-state index is 13.5. The molecule has 0 saturated carbocycles. The molecule has 0 fully saturated rings. The van der Waals surface area contributed by atoms with Crippen LogP contribution >= 0.6 is 15.9 Å². The van der Waals surface area contributed by atoms with E-state index in [1.807, 2.05) is 0 Å². The van der Waals surface area contributed by atoms with E-state index in [1.165, 1.54) is 0 Å². The van der Waals surface area contributed by atoms with E-state index in [1.54, 1.807) is 0 Å². The summed E-state index contributed by atoms with van der Waals surface area (Å²) in [5, 5.41) is 8.47. The zero-order chi connectivity index (χ0) is 15.2. The Hall–Kier alpha value is -0.610. The molecule has 9 heteroatoms. The van der Waals surface area contributed by atoms with Crippen LogP contribution in [0.2, 0.25) is 0 Å². The van der Waals surface area contributed by atoms with E-state index >= 15 is 0 Å². The van der Waals surface area contributed by atoms with Gasteiger partial charge in [-0.25, -0.2) is 21.9 Å². The van der Waals surface area contributed by atoms with E-state index in [-0.39, 0.29) is 30.8 Å². The number of sulfonamides is 1. The summed E-state index contributed by atoms with van der Waals surface area (Å²) in [6.45, 7) is 0.359. The van der Waals surface area contributed by atoms with E-state index in [0.717, 1.165) is 6.07 Å². The Morgan fingerprint density at radius 3 is 2.60 bits per heavy atom. The van der Waals surface area contributed by atoms with Crippen molar-refractivity contribution in [1.29, 1.82) is 0 Å². The number of benzene rings is 1. The minimum Gasteiger partial charge on any atom is -0.394 e. The summed E-state index contributed by atoms with van der Waals surface area (Å²) in [4.78, 5) is -0.629. The summed E-state index contributed by atoms with van der Waals surface area (Å²) in [6, 6.07) is 1.38. The van der Waals surface area contributed by atoms with Gasteiger partial charge in [-0.15, -0.1) is 0 Å². The molecule has 0 saturated heterocycles. The zero-order valence-corrected chi connectivity index (χ0v) is 12.8. The third kappa shape index (κ3) is 5.06. The van der Waals surface area contributed by atoms with Crippen LogP contribution in [0, 0.1) is 11.6 Å². The molecule has 0 bridgehead atoms. The number of aliphatic hydroxyl groups excluding tert-OH is 1. The monoisotopic (exact) mass is 373 g/mol. The lowest BCUT2D eigenvalue weighted by Crippen LogP contribution is -2.27. The number of halogens is 3. The van der Waals surface area contributed by atoms with Crippen molar-refractivity contribution >= 4 is 26.0 Å². The van der Waals surface area contributed by atoms with Crippen molar-refractivity contribution in [3.8, 4) is 0 Å². The lowest BCUT2D eigenvalue weighted by molar-refractivity contribution is 0.0913. The molecule has 0 radical (unpaired) electrons. The summed E-state index contributed by atoms with van der Waals surface area (Å²) in [7, 11) is -4.07. The van der Waals surface area contributed by atoms with Crippen LogP contribution in [0.3, 0.4) is 0 Å². The lowest BCUT2D eigenvalue weighted by Gasteiger charge is -2.09. The van der Waals surface area contributed by atoms with Gasteiger partial charge in [0.25, 0.3) is 0 Å². The highest BCUT2D eigenvalue weighted by molar-refractivity contribution is 9.10. The fraction of sp³-hybridized carbons (Fsp3) is 0.455. The minimum atomic E-state index is -4.07. The molecule has 0 unspecified atom stereocenters. The minimum absolute atomic E-state index is 0.0387. The third-order valence-electron chi connectivity index (χ3n) is 2.22. The summed E-state index contributed by atoms with van der Waals surface area (Å²) >= 11 is 2.83. The number of hydrogen-bond acceptors (Lipinski definition) is 4. The molecule has 114 valence electrons. The van der Waals surface area contributed by atoms with Gasteiger partial charge in [-0.2, -0.15) is 0 Å². The first kappa shape index (κ1) is 17.4. The highest BCUT2D eigenvalue weighted by atomic mass is 79.9. The Morgan fingerprint density at radius 2 is 2.00 bits per heavy atom. The molecule has 1 rings (SSSR count). The molecule has 2 N–H and O–H groups in total. The number of ether oxygens (including phenoxy) is 1. The molecule has 0 aliphatic heterocycles. The Bertz CT molecular complexity index is 530. The first-order valence-corrected chi connectivity index (χ1v) is 7.99. The maximum absolute atomic E-state index is 13.5. The smallest absolute Gasteiger partial charge is 0.244 e. The van der Waals surface area contributed by atoms with E-state index < -0.39 is 26.6 Å². The largest absolute Gasteiger partial charge is 0.394 e. The molecule has 0 amide bonds. The Labute approximate surface area is 124 Å². The SMILES string of the molecule is O=S(=O)(NCCCOCCO)c1c(F)cc(F)cc1Br.